The Hall–Kier alpha value is -0.220. The normalized spacial score (nSPS) is 21.1. The van der Waals surface area contributed by atoms with Gasteiger partial charge in [-0.2, -0.15) is 0 Å². The molecule has 2 N–H and O–H groups in total. The third-order valence-corrected chi connectivity index (χ3v) is 1.73. The maximum absolute atomic E-state index is 10.7. The van der Waals surface area contributed by atoms with Crippen LogP contribution in [0.15, 0.2) is 0 Å². The van der Waals surface area contributed by atoms with Crippen LogP contribution in [0.25, 0.3) is 0 Å². The summed E-state index contributed by atoms with van der Waals surface area (Å²) in [5.41, 5.74) is -1.01. The molecule has 0 saturated heterocycles. The van der Waals surface area contributed by atoms with E-state index in [2.05, 4.69) is 4.72 Å². The molecule has 0 aromatic rings. The summed E-state index contributed by atoms with van der Waals surface area (Å²) in [4.78, 5) is 10.7. The van der Waals surface area contributed by atoms with E-state index in [0.29, 0.717) is 12.8 Å². The van der Waals surface area contributed by atoms with Gasteiger partial charge in [0.1, 0.15) is 5.60 Å². The second kappa shape index (κ2) is 2.19. The third-order valence-electron chi connectivity index (χ3n) is 1.34. The first-order valence-corrected chi connectivity index (χ1v) is 3.97. The predicted molar refractivity (Wildman–Crippen MR) is 35.8 cm³/mol. The Morgan fingerprint density at radius 1 is 1.78 bits per heavy atom. The van der Waals surface area contributed by atoms with Gasteiger partial charge in [-0.15, -0.1) is 0 Å². The van der Waals surface area contributed by atoms with Crippen LogP contribution in [0.3, 0.4) is 0 Å². The van der Waals surface area contributed by atoms with Crippen molar-refractivity contribution in [1.29, 1.82) is 0 Å². The van der Waals surface area contributed by atoms with Crippen LogP contribution in [-0.2, 0) is 4.79 Å². The predicted octanol–water partition coefficient (Wildman–Crippen LogP) is -0.0945. The van der Waals surface area contributed by atoms with Gasteiger partial charge >= 0.3 is 0 Å². The highest BCUT2D eigenvalue weighted by Gasteiger charge is 2.47. The molecule has 1 saturated carbocycles. The minimum absolute atomic E-state index is 0.255. The van der Waals surface area contributed by atoms with Crippen molar-refractivity contribution >= 4 is 17.9 Å². The lowest BCUT2D eigenvalue weighted by molar-refractivity contribution is -0.129. The molecule has 0 radical (unpaired) electrons. The van der Waals surface area contributed by atoms with E-state index in [1.54, 1.807) is 6.26 Å². The zero-order valence-electron chi connectivity index (χ0n) is 5.18. The molecule has 1 fully saturated rings. The highest BCUT2D eigenvalue weighted by atomic mass is 32.2. The number of amides is 1. The minimum Gasteiger partial charge on any atom is -0.380 e. The third kappa shape index (κ3) is 1.37. The second-order valence-corrected chi connectivity index (χ2v) is 2.78. The van der Waals surface area contributed by atoms with Crippen LogP contribution >= 0.6 is 11.9 Å². The molecule has 4 heteroatoms. The van der Waals surface area contributed by atoms with Crippen molar-refractivity contribution in [2.45, 2.75) is 18.4 Å². The number of nitrogens with one attached hydrogen (secondary N) is 1. The van der Waals surface area contributed by atoms with E-state index in [1.807, 2.05) is 0 Å². The van der Waals surface area contributed by atoms with E-state index in [0.717, 1.165) is 0 Å². The van der Waals surface area contributed by atoms with E-state index in [9.17, 15) is 4.79 Å². The molecule has 9 heavy (non-hydrogen) atoms. The number of aliphatic hydroxyl groups is 1. The Balaban J connectivity index is 2.34. The van der Waals surface area contributed by atoms with Crippen LogP contribution in [0.4, 0.5) is 0 Å². The summed E-state index contributed by atoms with van der Waals surface area (Å²) in [6.45, 7) is 0. The Kier molecular flexibility index (Phi) is 1.68. The van der Waals surface area contributed by atoms with Gasteiger partial charge in [0.05, 0.1) is 0 Å². The molecule has 0 unspecified atom stereocenters. The van der Waals surface area contributed by atoms with Crippen molar-refractivity contribution in [3.05, 3.63) is 0 Å². The van der Waals surface area contributed by atoms with Gasteiger partial charge in [-0.1, -0.05) is 11.9 Å². The molecule has 0 bridgehead atoms. The van der Waals surface area contributed by atoms with Gasteiger partial charge in [0.25, 0.3) is 5.91 Å². The first-order chi connectivity index (χ1) is 4.19. The van der Waals surface area contributed by atoms with Crippen molar-refractivity contribution in [1.82, 2.24) is 4.72 Å². The van der Waals surface area contributed by atoms with Crippen molar-refractivity contribution < 1.29 is 9.90 Å². The average Bonchev–Trinajstić information content (AvgIpc) is 2.50. The number of rotatable bonds is 2. The zero-order valence-corrected chi connectivity index (χ0v) is 5.99. The largest absolute Gasteiger partial charge is 0.380 e. The Bertz CT molecular complexity index is 133. The molecule has 1 amide bonds. The molecule has 0 atom stereocenters. The molecule has 52 valence electrons. The smallest absolute Gasteiger partial charge is 0.261 e. The van der Waals surface area contributed by atoms with Gasteiger partial charge in [0.15, 0.2) is 0 Å². The Morgan fingerprint density at radius 2 is 2.33 bits per heavy atom. The van der Waals surface area contributed by atoms with Gasteiger partial charge in [-0.05, 0) is 12.8 Å². The van der Waals surface area contributed by atoms with Gasteiger partial charge < -0.3 is 5.11 Å². The lowest BCUT2D eigenvalue weighted by Gasteiger charge is -2.04. The van der Waals surface area contributed by atoms with E-state index in [1.165, 1.54) is 11.9 Å². The highest BCUT2D eigenvalue weighted by Crippen LogP contribution is 2.35. The van der Waals surface area contributed by atoms with Crippen LogP contribution in [0.1, 0.15) is 12.8 Å². The Morgan fingerprint density at radius 3 is 2.67 bits per heavy atom. The topological polar surface area (TPSA) is 49.3 Å². The molecule has 0 spiro atoms. The molecule has 3 nitrogen and oxygen atoms in total. The van der Waals surface area contributed by atoms with E-state index >= 15 is 0 Å². The quantitative estimate of drug-likeness (QED) is 0.536. The number of carbonyl (C=O) groups is 1. The van der Waals surface area contributed by atoms with Crippen LogP contribution in [0.2, 0.25) is 0 Å². The molecule has 1 aliphatic rings. The molecule has 0 heterocycles. The lowest BCUT2D eigenvalue weighted by Crippen LogP contribution is -2.31. The standard InChI is InChI=1S/C5H9NO2S/c1-9-6-4(7)5(8)2-3-5/h8H,2-3H2,1H3,(H,6,7). The van der Waals surface area contributed by atoms with Crippen molar-refractivity contribution in [2.75, 3.05) is 6.26 Å². The molecule has 0 aliphatic heterocycles. The molecule has 1 rings (SSSR count). The first-order valence-electron chi connectivity index (χ1n) is 2.75. The Labute approximate surface area is 58.0 Å². The van der Waals surface area contributed by atoms with Crippen molar-refractivity contribution in [3.8, 4) is 0 Å². The fraction of sp³-hybridized carbons (Fsp3) is 0.800. The second-order valence-electron chi connectivity index (χ2n) is 2.17. The fourth-order valence-corrected chi connectivity index (χ4v) is 0.909. The molecular formula is C5H9NO2S. The van der Waals surface area contributed by atoms with Crippen molar-refractivity contribution in [3.63, 3.8) is 0 Å². The molecular weight excluding hydrogens is 138 g/mol. The summed E-state index contributed by atoms with van der Waals surface area (Å²) < 4.78 is 2.48. The average molecular weight is 147 g/mol. The number of hydrogen-bond acceptors (Lipinski definition) is 3. The maximum Gasteiger partial charge on any atom is 0.261 e. The van der Waals surface area contributed by atoms with E-state index < -0.39 is 5.60 Å². The van der Waals surface area contributed by atoms with Gasteiger partial charge in [0, 0.05) is 6.26 Å². The first kappa shape index (κ1) is 6.89. The SMILES string of the molecule is CSNC(=O)C1(O)CC1. The summed E-state index contributed by atoms with van der Waals surface area (Å²) in [6.07, 6.45) is 2.97. The molecule has 0 aromatic carbocycles. The van der Waals surface area contributed by atoms with E-state index in [-0.39, 0.29) is 5.91 Å². The van der Waals surface area contributed by atoms with Crippen LogP contribution in [0, 0.1) is 0 Å². The van der Waals surface area contributed by atoms with Crippen molar-refractivity contribution in [2.24, 2.45) is 0 Å². The fourth-order valence-electron chi connectivity index (χ4n) is 0.533. The minimum atomic E-state index is -1.01. The molecule has 0 aromatic heterocycles. The number of carbonyl (C=O) groups excluding carboxylic acids is 1. The summed E-state index contributed by atoms with van der Waals surface area (Å²) in [5.74, 6) is -0.255. The maximum atomic E-state index is 10.7. The summed E-state index contributed by atoms with van der Waals surface area (Å²) in [5, 5.41) is 9.10. The van der Waals surface area contributed by atoms with Gasteiger partial charge in [0.2, 0.25) is 0 Å². The number of hydrogen-bond donors (Lipinski definition) is 2. The summed E-state index contributed by atoms with van der Waals surface area (Å²) >= 11 is 1.22. The monoisotopic (exact) mass is 147 g/mol. The van der Waals surface area contributed by atoms with Crippen LogP contribution in [0.5, 0.6) is 0 Å². The highest BCUT2D eigenvalue weighted by molar-refractivity contribution is 7.97. The summed E-state index contributed by atoms with van der Waals surface area (Å²) in [7, 11) is 0. The van der Waals surface area contributed by atoms with Gasteiger partial charge in [-0.3, -0.25) is 9.52 Å². The van der Waals surface area contributed by atoms with E-state index in [4.69, 9.17) is 5.11 Å². The van der Waals surface area contributed by atoms with Crippen LogP contribution in [-0.4, -0.2) is 22.9 Å². The lowest BCUT2D eigenvalue weighted by atomic mass is 10.3. The molecule has 1 aliphatic carbocycles. The zero-order chi connectivity index (χ0) is 6.91. The van der Waals surface area contributed by atoms with Gasteiger partial charge in [-0.25, -0.2) is 0 Å². The summed E-state index contributed by atoms with van der Waals surface area (Å²) in [6, 6.07) is 0. The van der Waals surface area contributed by atoms with Crippen LogP contribution < -0.4 is 4.72 Å².